The molecule has 3 rings (SSSR count). The molecule has 1 N–H and O–H groups in total. The molecular weight excluding hydrogens is 288 g/mol. The summed E-state index contributed by atoms with van der Waals surface area (Å²) in [4.78, 5) is 2.40. The number of benzene rings is 2. The molecule has 4 heteroatoms. The van der Waals surface area contributed by atoms with Gasteiger partial charge in [0.1, 0.15) is 11.5 Å². The zero-order chi connectivity index (χ0) is 16.1. The Balaban J connectivity index is 1.73. The molecule has 2 aromatic carbocycles. The Morgan fingerprint density at radius 3 is 2.43 bits per heavy atom. The predicted octanol–water partition coefficient (Wildman–Crippen LogP) is 3.78. The molecule has 0 bridgehead atoms. The van der Waals surface area contributed by atoms with Gasteiger partial charge in [-0.15, -0.1) is 0 Å². The van der Waals surface area contributed by atoms with Crippen molar-refractivity contribution >= 4 is 11.4 Å². The van der Waals surface area contributed by atoms with Gasteiger partial charge in [0.25, 0.3) is 0 Å². The van der Waals surface area contributed by atoms with Crippen LogP contribution in [0.25, 0.3) is 0 Å². The summed E-state index contributed by atoms with van der Waals surface area (Å²) in [6, 6.07) is 16.7. The summed E-state index contributed by atoms with van der Waals surface area (Å²) in [5.41, 5.74) is 2.23. The lowest BCUT2D eigenvalue weighted by molar-refractivity contribution is 0.410. The summed E-state index contributed by atoms with van der Waals surface area (Å²) in [5.74, 6) is 1.83. The van der Waals surface area contributed by atoms with Crippen LogP contribution < -0.4 is 19.7 Å². The van der Waals surface area contributed by atoms with Crippen LogP contribution in [0.4, 0.5) is 11.4 Å². The van der Waals surface area contributed by atoms with Crippen LogP contribution in [0.3, 0.4) is 0 Å². The molecule has 1 aliphatic heterocycles. The highest BCUT2D eigenvalue weighted by atomic mass is 16.5. The minimum Gasteiger partial charge on any atom is -0.495 e. The van der Waals surface area contributed by atoms with Crippen molar-refractivity contribution in [1.82, 2.24) is 0 Å². The molecule has 0 spiro atoms. The van der Waals surface area contributed by atoms with Crippen LogP contribution in [-0.2, 0) is 0 Å². The lowest BCUT2D eigenvalue weighted by Crippen LogP contribution is -2.42. The topological polar surface area (TPSA) is 33.7 Å². The highest BCUT2D eigenvalue weighted by Gasteiger charge is 2.22. The summed E-state index contributed by atoms with van der Waals surface area (Å²) in [5, 5.41) is 3.63. The van der Waals surface area contributed by atoms with E-state index < -0.39 is 0 Å². The van der Waals surface area contributed by atoms with Gasteiger partial charge in [0.2, 0.25) is 0 Å². The fourth-order valence-electron chi connectivity index (χ4n) is 3.19. The minimum atomic E-state index is 0.393. The van der Waals surface area contributed by atoms with Crippen LogP contribution in [0.5, 0.6) is 11.5 Å². The predicted molar refractivity (Wildman–Crippen MR) is 94.8 cm³/mol. The molecule has 1 aliphatic rings. The van der Waals surface area contributed by atoms with Gasteiger partial charge < -0.3 is 19.7 Å². The standard InChI is InChI=1S/C19H24N2O2/c1-22-18-11-5-3-9-16(18)20-15-8-7-13-21(14-15)17-10-4-6-12-19(17)23-2/h3-6,9-12,15,20H,7-8,13-14H2,1-2H3. The molecule has 0 amide bonds. The van der Waals surface area contributed by atoms with E-state index in [2.05, 4.69) is 28.4 Å². The van der Waals surface area contributed by atoms with E-state index in [1.165, 1.54) is 5.69 Å². The number of hydrogen-bond donors (Lipinski definition) is 1. The number of methoxy groups -OCH3 is 2. The fourth-order valence-corrected chi connectivity index (χ4v) is 3.19. The monoisotopic (exact) mass is 312 g/mol. The molecule has 1 heterocycles. The largest absolute Gasteiger partial charge is 0.495 e. The zero-order valence-corrected chi connectivity index (χ0v) is 13.8. The maximum Gasteiger partial charge on any atom is 0.142 e. The van der Waals surface area contributed by atoms with Crippen molar-refractivity contribution in [3.05, 3.63) is 48.5 Å². The molecule has 0 radical (unpaired) electrons. The molecule has 1 unspecified atom stereocenters. The van der Waals surface area contributed by atoms with Crippen LogP contribution in [0.2, 0.25) is 0 Å². The van der Waals surface area contributed by atoms with E-state index in [9.17, 15) is 0 Å². The summed E-state index contributed by atoms with van der Waals surface area (Å²) in [6.45, 7) is 2.02. The van der Waals surface area contributed by atoms with E-state index in [0.717, 1.165) is 43.1 Å². The van der Waals surface area contributed by atoms with Gasteiger partial charge in [0.15, 0.2) is 0 Å². The second kappa shape index (κ2) is 7.27. The number of anilines is 2. The van der Waals surface area contributed by atoms with Gasteiger partial charge in [-0.2, -0.15) is 0 Å². The minimum absolute atomic E-state index is 0.393. The molecule has 1 fully saturated rings. The third-order valence-electron chi connectivity index (χ3n) is 4.31. The molecule has 0 saturated carbocycles. The molecule has 2 aromatic rings. The summed E-state index contributed by atoms with van der Waals surface area (Å²) >= 11 is 0. The first-order chi connectivity index (χ1) is 11.3. The Labute approximate surface area is 138 Å². The number of para-hydroxylation sites is 4. The number of nitrogens with one attached hydrogen (secondary N) is 1. The average Bonchev–Trinajstić information content (AvgIpc) is 2.62. The number of ether oxygens (including phenoxy) is 2. The third-order valence-corrected chi connectivity index (χ3v) is 4.31. The maximum atomic E-state index is 5.51. The Bertz CT molecular complexity index is 645. The average molecular weight is 312 g/mol. The third kappa shape index (κ3) is 3.52. The smallest absolute Gasteiger partial charge is 0.142 e. The summed E-state index contributed by atoms with van der Waals surface area (Å²) in [7, 11) is 3.44. The summed E-state index contributed by atoms with van der Waals surface area (Å²) in [6.07, 6.45) is 2.31. The summed E-state index contributed by atoms with van der Waals surface area (Å²) < 4.78 is 10.9. The van der Waals surface area contributed by atoms with E-state index in [0.29, 0.717) is 6.04 Å². The highest BCUT2D eigenvalue weighted by molar-refractivity contribution is 5.60. The lowest BCUT2D eigenvalue weighted by Gasteiger charge is -2.36. The molecule has 23 heavy (non-hydrogen) atoms. The Hall–Kier alpha value is -2.36. The Morgan fingerprint density at radius 2 is 1.65 bits per heavy atom. The molecule has 0 aliphatic carbocycles. The first-order valence-electron chi connectivity index (χ1n) is 8.09. The van der Waals surface area contributed by atoms with Gasteiger partial charge in [0.05, 0.1) is 25.6 Å². The van der Waals surface area contributed by atoms with Gasteiger partial charge in [-0.05, 0) is 37.1 Å². The lowest BCUT2D eigenvalue weighted by atomic mass is 10.0. The van der Waals surface area contributed by atoms with Crippen molar-refractivity contribution in [2.45, 2.75) is 18.9 Å². The van der Waals surface area contributed by atoms with Crippen LogP contribution in [-0.4, -0.2) is 33.4 Å². The van der Waals surface area contributed by atoms with E-state index >= 15 is 0 Å². The SMILES string of the molecule is COc1ccccc1NC1CCCN(c2ccccc2OC)C1. The normalized spacial score (nSPS) is 17.7. The number of rotatable bonds is 5. The second-order valence-electron chi connectivity index (χ2n) is 5.80. The highest BCUT2D eigenvalue weighted by Crippen LogP contribution is 2.31. The van der Waals surface area contributed by atoms with Gasteiger partial charge in [0, 0.05) is 19.1 Å². The molecule has 1 saturated heterocycles. The van der Waals surface area contributed by atoms with Crippen LogP contribution in [0.15, 0.2) is 48.5 Å². The molecule has 1 atom stereocenters. The zero-order valence-electron chi connectivity index (χ0n) is 13.8. The van der Waals surface area contributed by atoms with Gasteiger partial charge in [-0.25, -0.2) is 0 Å². The fraction of sp³-hybridized carbons (Fsp3) is 0.368. The van der Waals surface area contributed by atoms with Gasteiger partial charge in [-0.3, -0.25) is 0 Å². The number of nitrogens with zero attached hydrogens (tertiary/aromatic N) is 1. The molecule has 4 nitrogen and oxygen atoms in total. The Morgan fingerprint density at radius 1 is 0.957 bits per heavy atom. The van der Waals surface area contributed by atoms with Crippen molar-refractivity contribution in [3.63, 3.8) is 0 Å². The van der Waals surface area contributed by atoms with E-state index in [1.54, 1.807) is 14.2 Å². The van der Waals surface area contributed by atoms with Crippen molar-refractivity contribution < 1.29 is 9.47 Å². The van der Waals surface area contributed by atoms with Crippen LogP contribution in [0.1, 0.15) is 12.8 Å². The van der Waals surface area contributed by atoms with Crippen molar-refractivity contribution in [1.29, 1.82) is 0 Å². The van der Waals surface area contributed by atoms with Crippen LogP contribution in [0, 0.1) is 0 Å². The van der Waals surface area contributed by atoms with Gasteiger partial charge in [-0.1, -0.05) is 24.3 Å². The van der Waals surface area contributed by atoms with E-state index in [4.69, 9.17) is 9.47 Å². The van der Waals surface area contributed by atoms with Crippen molar-refractivity contribution in [3.8, 4) is 11.5 Å². The first-order valence-corrected chi connectivity index (χ1v) is 8.09. The van der Waals surface area contributed by atoms with Crippen LogP contribution >= 0.6 is 0 Å². The second-order valence-corrected chi connectivity index (χ2v) is 5.80. The molecular formula is C19H24N2O2. The number of hydrogen-bond acceptors (Lipinski definition) is 4. The first kappa shape index (κ1) is 15.5. The van der Waals surface area contributed by atoms with Crippen molar-refractivity contribution in [2.75, 3.05) is 37.5 Å². The molecule has 0 aromatic heterocycles. The van der Waals surface area contributed by atoms with Crippen molar-refractivity contribution in [2.24, 2.45) is 0 Å². The molecule has 122 valence electrons. The van der Waals surface area contributed by atoms with E-state index in [-0.39, 0.29) is 0 Å². The quantitative estimate of drug-likeness (QED) is 0.911. The van der Waals surface area contributed by atoms with E-state index in [1.807, 2.05) is 30.3 Å². The number of piperidine rings is 1. The maximum absolute atomic E-state index is 5.51. The van der Waals surface area contributed by atoms with Gasteiger partial charge >= 0.3 is 0 Å². The Kier molecular flexibility index (Phi) is 4.91.